The van der Waals surface area contributed by atoms with Crippen LogP contribution in [0.2, 0.25) is 0 Å². The highest BCUT2D eigenvalue weighted by molar-refractivity contribution is 6.10. The van der Waals surface area contributed by atoms with E-state index in [1.807, 2.05) is 0 Å². The van der Waals surface area contributed by atoms with Crippen LogP contribution in [0.1, 0.15) is 5.56 Å². The first-order chi connectivity index (χ1) is 13.4. The first kappa shape index (κ1) is 18.8. The van der Waals surface area contributed by atoms with Crippen LogP contribution in [-0.2, 0) is 4.79 Å². The fraction of sp³-hybridized carbons (Fsp3) is 0.111. The SMILES string of the molecule is N#C/C(=C\c1ccc(F)c(F)c1)C(=O)Nc1cc2c(cc1[N+](=O)[O-])OCCO2. The monoisotopic (exact) mass is 387 g/mol. The molecule has 10 heteroatoms. The maximum Gasteiger partial charge on any atom is 0.296 e. The summed E-state index contributed by atoms with van der Waals surface area (Å²) in [4.78, 5) is 22.9. The zero-order valence-corrected chi connectivity index (χ0v) is 14.1. The van der Waals surface area contributed by atoms with E-state index in [4.69, 9.17) is 9.47 Å². The summed E-state index contributed by atoms with van der Waals surface area (Å²) in [6.45, 7) is 0.461. The Kier molecular flexibility index (Phi) is 5.17. The zero-order chi connectivity index (χ0) is 20.3. The Morgan fingerprint density at radius 3 is 2.46 bits per heavy atom. The van der Waals surface area contributed by atoms with Crippen LogP contribution in [-0.4, -0.2) is 24.0 Å². The van der Waals surface area contributed by atoms with Gasteiger partial charge < -0.3 is 14.8 Å². The molecule has 0 bridgehead atoms. The Labute approximate surface area is 156 Å². The van der Waals surface area contributed by atoms with E-state index in [1.165, 1.54) is 12.1 Å². The summed E-state index contributed by atoms with van der Waals surface area (Å²) in [6, 6.07) is 6.78. The van der Waals surface area contributed by atoms with Crippen LogP contribution in [0.4, 0.5) is 20.2 Å². The van der Waals surface area contributed by atoms with Crippen LogP contribution in [0.5, 0.6) is 11.5 Å². The molecule has 0 atom stereocenters. The molecule has 0 spiro atoms. The summed E-state index contributed by atoms with van der Waals surface area (Å²) in [6.07, 6.45) is 1.03. The van der Waals surface area contributed by atoms with E-state index in [1.54, 1.807) is 6.07 Å². The second kappa shape index (κ2) is 7.71. The van der Waals surface area contributed by atoms with Gasteiger partial charge in [0.15, 0.2) is 23.1 Å². The third-order valence-corrected chi connectivity index (χ3v) is 3.73. The summed E-state index contributed by atoms with van der Waals surface area (Å²) in [5.41, 5.74) is -1.05. The number of nitrogens with zero attached hydrogens (tertiary/aromatic N) is 2. The number of benzene rings is 2. The van der Waals surface area contributed by atoms with Gasteiger partial charge in [0.1, 0.15) is 30.5 Å². The molecule has 3 rings (SSSR count). The number of nitro benzene ring substituents is 1. The minimum Gasteiger partial charge on any atom is -0.486 e. The van der Waals surface area contributed by atoms with Crippen LogP contribution >= 0.6 is 0 Å². The lowest BCUT2D eigenvalue weighted by Gasteiger charge is -2.19. The number of nitro groups is 1. The van der Waals surface area contributed by atoms with Crippen LogP contribution in [0.25, 0.3) is 6.08 Å². The molecule has 0 radical (unpaired) electrons. The molecule has 1 aliphatic rings. The Bertz CT molecular complexity index is 1050. The zero-order valence-electron chi connectivity index (χ0n) is 14.1. The molecule has 2 aromatic rings. The third kappa shape index (κ3) is 3.88. The molecule has 0 saturated heterocycles. The van der Waals surface area contributed by atoms with Gasteiger partial charge >= 0.3 is 0 Å². The van der Waals surface area contributed by atoms with Crippen molar-refractivity contribution >= 4 is 23.4 Å². The molecule has 1 heterocycles. The van der Waals surface area contributed by atoms with Crippen molar-refractivity contribution in [1.29, 1.82) is 5.26 Å². The second-order valence-corrected chi connectivity index (χ2v) is 5.57. The Morgan fingerprint density at radius 2 is 1.86 bits per heavy atom. The first-order valence-corrected chi connectivity index (χ1v) is 7.85. The molecule has 0 unspecified atom stereocenters. The van der Waals surface area contributed by atoms with Gasteiger partial charge in [0.05, 0.1) is 11.0 Å². The van der Waals surface area contributed by atoms with Gasteiger partial charge in [-0.15, -0.1) is 0 Å². The highest BCUT2D eigenvalue weighted by atomic mass is 19.2. The molecule has 0 fully saturated rings. The molecule has 1 aliphatic heterocycles. The maximum absolute atomic E-state index is 13.3. The van der Waals surface area contributed by atoms with Crippen molar-refractivity contribution in [1.82, 2.24) is 0 Å². The van der Waals surface area contributed by atoms with Crippen molar-refractivity contribution in [2.75, 3.05) is 18.5 Å². The third-order valence-electron chi connectivity index (χ3n) is 3.73. The second-order valence-electron chi connectivity index (χ2n) is 5.57. The molecule has 2 aromatic carbocycles. The van der Waals surface area contributed by atoms with Crippen LogP contribution in [0.3, 0.4) is 0 Å². The minimum atomic E-state index is -1.14. The lowest BCUT2D eigenvalue weighted by Crippen LogP contribution is -2.18. The minimum absolute atomic E-state index is 0.0715. The number of anilines is 1. The lowest BCUT2D eigenvalue weighted by molar-refractivity contribution is -0.384. The predicted molar refractivity (Wildman–Crippen MR) is 92.7 cm³/mol. The average Bonchev–Trinajstić information content (AvgIpc) is 2.68. The number of carbonyl (C=O) groups is 1. The Hall–Kier alpha value is -4.00. The molecule has 0 saturated carbocycles. The molecule has 0 aliphatic carbocycles. The number of amides is 1. The molecular formula is C18H11F2N3O5. The van der Waals surface area contributed by atoms with Crippen molar-refractivity contribution in [2.24, 2.45) is 0 Å². The van der Waals surface area contributed by atoms with Gasteiger partial charge in [0, 0.05) is 6.07 Å². The fourth-order valence-corrected chi connectivity index (χ4v) is 2.44. The molecule has 8 nitrogen and oxygen atoms in total. The van der Waals surface area contributed by atoms with E-state index in [0.29, 0.717) is 0 Å². The molecule has 28 heavy (non-hydrogen) atoms. The number of nitrogens with one attached hydrogen (secondary N) is 1. The van der Waals surface area contributed by atoms with E-state index in [2.05, 4.69) is 5.32 Å². The summed E-state index contributed by atoms with van der Waals surface area (Å²) < 4.78 is 36.9. The van der Waals surface area contributed by atoms with E-state index in [9.17, 15) is 29.0 Å². The smallest absolute Gasteiger partial charge is 0.296 e. The molecule has 1 amide bonds. The number of fused-ring (bicyclic) bond motifs is 1. The van der Waals surface area contributed by atoms with E-state index >= 15 is 0 Å². The predicted octanol–water partition coefficient (Wildman–Crippen LogP) is 3.19. The van der Waals surface area contributed by atoms with E-state index in [0.717, 1.165) is 24.3 Å². The van der Waals surface area contributed by atoms with Gasteiger partial charge in [0.2, 0.25) is 0 Å². The number of nitriles is 1. The van der Waals surface area contributed by atoms with Crippen LogP contribution in [0, 0.1) is 33.1 Å². The van der Waals surface area contributed by atoms with Gasteiger partial charge in [-0.05, 0) is 23.8 Å². The van der Waals surface area contributed by atoms with Gasteiger partial charge in [-0.3, -0.25) is 14.9 Å². The van der Waals surface area contributed by atoms with E-state index in [-0.39, 0.29) is 36.0 Å². The molecule has 0 aromatic heterocycles. The average molecular weight is 387 g/mol. The number of hydrogen-bond acceptors (Lipinski definition) is 6. The standard InChI is InChI=1S/C18H11F2N3O5/c19-12-2-1-10(6-13(12)20)5-11(9-21)18(24)22-14-7-16-17(28-4-3-27-16)8-15(14)23(25)26/h1-2,5-8H,3-4H2,(H,22,24)/b11-5+. The van der Waals surface area contributed by atoms with E-state index < -0.39 is 33.7 Å². The normalized spacial score (nSPS) is 12.8. The Morgan fingerprint density at radius 1 is 1.18 bits per heavy atom. The topological polar surface area (TPSA) is 114 Å². The van der Waals surface area contributed by atoms with Crippen LogP contribution < -0.4 is 14.8 Å². The maximum atomic E-state index is 13.3. The number of halogens is 2. The van der Waals surface area contributed by atoms with Crippen molar-refractivity contribution < 1.29 is 28.0 Å². The quantitative estimate of drug-likeness (QED) is 0.373. The number of ether oxygens (including phenoxy) is 2. The number of carbonyl (C=O) groups excluding carboxylic acids is 1. The van der Waals surface area contributed by atoms with Crippen molar-refractivity contribution in [2.45, 2.75) is 0 Å². The number of rotatable bonds is 4. The van der Waals surface area contributed by atoms with Gasteiger partial charge in [-0.25, -0.2) is 8.78 Å². The van der Waals surface area contributed by atoms with Crippen molar-refractivity contribution in [3.8, 4) is 17.6 Å². The van der Waals surface area contributed by atoms with Crippen molar-refractivity contribution in [3.63, 3.8) is 0 Å². The van der Waals surface area contributed by atoms with Gasteiger partial charge in [-0.2, -0.15) is 5.26 Å². The first-order valence-electron chi connectivity index (χ1n) is 7.85. The molecule has 1 N–H and O–H groups in total. The highest BCUT2D eigenvalue weighted by Crippen LogP contribution is 2.39. The highest BCUT2D eigenvalue weighted by Gasteiger charge is 2.24. The largest absolute Gasteiger partial charge is 0.486 e. The van der Waals surface area contributed by atoms with Crippen LogP contribution in [0.15, 0.2) is 35.9 Å². The summed E-state index contributed by atoms with van der Waals surface area (Å²) in [5, 5.41) is 22.8. The molecular weight excluding hydrogens is 376 g/mol. The summed E-state index contributed by atoms with van der Waals surface area (Å²) in [7, 11) is 0. The Balaban J connectivity index is 1.92. The van der Waals surface area contributed by atoms with Gasteiger partial charge in [-0.1, -0.05) is 6.07 Å². The van der Waals surface area contributed by atoms with Gasteiger partial charge in [0.25, 0.3) is 11.6 Å². The van der Waals surface area contributed by atoms with Crippen molar-refractivity contribution in [3.05, 3.63) is 63.2 Å². The summed E-state index contributed by atoms with van der Waals surface area (Å²) in [5.74, 6) is -2.82. The summed E-state index contributed by atoms with van der Waals surface area (Å²) >= 11 is 0. The lowest BCUT2D eigenvalue weighted by atomic mass is 10.1. The number of hydrogen-bond donors (Lipinski definition) is 1. The fourth-order valence-electron chi connectivity index (χ4n) is 2.44. The molecule has 142 valence electrons.